The molecule has 0 aromatic rings. The highest BCUT2D eigenvalue weighted by molar-refractivity contribution is 5.76. The fourth-order valence-corrected chi connectivity index (χ4v) is 7.53. The van der Waals surface area contributed by atoms with Gasteiger partial charge >= 0.3 is 0 Å². The van der Waals surface area contributed by atoms with E-state index in [9.17, 15) is 20.1 Å². The summed E-state index contributed by atoms with van der Waals surface area (Å²) in [5.74, 6) is -0.321. The van der Waals surface area contributed by atoms with Crippen molar-refractivity contribution in [2.45, 2.75) is 276 Å². The summed E-state index contributed by atoms with van der Waals surface area (Å²) in [6, 6.07) is -0.757. The van der Waals surface area contributed by atoms with Crippen molar-refractivity contribution < 1.29 is 20.1 Å². The number of aliphatic hydroxyl groups excluding tert-OH is 3. The highest BCUT2D eigenvalue weighted by Crippen LogP contribution is 2.17. The fourth-order valence-electron chi connectivity index (χ4n) is 7.53. The number of carbonyl (C=O) groups is 1. The van der Waals surface area contributed by atoms with Crippen LogP contribution in [0.3, 0.4) is 0 Å². The van der Waals surface area contributed by atoms with Crippen LogP contribution in [0, 0.1) is 0 Å². The quantitative estimate of drug-likeness (QED) is 0.0368. The van der Waals surface area contributed by atoms with Crippen LogP contribution in [0.25, 0.3) is 0 Å². The summed E-state index contributed by atoms with van der Waals surface area (Å²) in [5.41, 5.74) is 0. The van der Waals surface area contributed by atoms with Crippen molar-refractivity contribution in [1.82, 2.24) is 5.32 Å². The van der Waals surface area contributed by atoms with Crippen LogP contribution in [0.2, 0.25) is 0 Å². The summed E-state index contributed by atoms with van der Waals surface area (Å²) in [7, 11) is 0. The van der Waals surface area contributed by atoms with Crippen LogP contribution in [0.1, 0.15) is 258 Å². The normalized spacial score (nSPS) is 13.6. The molecule has 0 bridgehead atoms. The smallest absolute Gasteiger partial charge is 0.222 e. The molecule has 4 N–H and O–H groups in total. The molecule has 5 nitrogen and oxygen atoms in total. The van der Waals surface area contributed by atoms with E-state index in [4.69, 9.17) is 0 Å². The minimum atomic E-state index is -0.948. The minimum absolute atomic E-state index is 0.0100. The third kappa shape index (κ3) is 40.5. The van der Waals surface area contributed by atoms with E-state index in [1.54, 1.807) is 6.08 Å². The first kappa shape index (κ1) is 52.8. The molecule has 0 aliphatic heterocycles. The second kappa shape index (κ2) is 44.5. The summed E-state index contributed by atoms with van der Waals surface area (Å²) >= 11 is 0. The van der Waals surface area contributed by atoms with E-state index >= 15 is 0 Å². The maximum atomic E-state index is 12.5. The average molecular weight is 762 g/mol. The number of aliphatic hydroxyl groups is 3. The van der Waals surface area contributed by atoms with Gasteiger partial charge in [-0.2, -0.15) is 0 Å². The molecule has 54 heavy (non-hydrogen) atoms. The van der Waals surface area contributed by atoms with E-state index < -0.39 is 18.2 Å². The predicted octanol–water partition coefficient (Wildman–Crippen LogP) is 14.2. The summed E-state index contributed by atoms with van der Waals surface area (Å²) < 4.78 is 0. The molecule has 0 spiro atoms. The Balaban J connectivity index is 3.62. The molecule has 0 saturated carbocycles. The van der Waals surface area contributed by atoms with Crippen molar-refractivity contribution in [2.24, 2.45) is 0 Å². The van der Waals surface area contributed by atoms with E-state index in [0.29, 0.717) is 6.42 Å². The number of hydrogen-bond acceptors (Lipinski definition) is 4. The van der Waals surface area contributed by atoms with Gasteiger partial charge in [0.15, 0.2) is 0 Å². The Morgan fingerprint density at radius 3 is 1.19 bits per heavy atom. The van der Waals surface area contributed by atoms with Crippen LogP contribution in [0.5, 0.6) is 0 Å². The zero-order valence-corrected chi connectivity index (χ0v) is 36.4. The third-order valence-corrected chi connectivity index (χ3v) is 11.2. The monoisotopic (exact) mass is 762 g/mol. The van der Waals surface area contributed by atoms with Crippen molar-refractivity contribution in [3.8, 4) is 0 Å². The number of nitrogens with one attached hydrogen (secondary N) is 1. The maximum Gasteiger partial charge on any atom is 0.222 e. The van der Waals surface area contributed by atoms with Crippen molar-refractivity contribution in [1.29, 1.82) is 0 Å². The first-order valence-electron chi connectivity index (χ1n) is 24.1. The summed E-state index contributed by atoms with van der Waals surface area (Å²) in [6.07, 6.45) is 54.8. The van der Waals surface area contributed by atoms with Crippen LogP contribution in [0.4, 0.5) is 0 Å². The van der Waals surface area contributed by atoms with Gasteiger partial charge in [-0.15, -0.1) is 0 Å². The van der Waals surface area contributed by atoms with Gasteiger partial charge in [-0.1, -0.05) is 244 Å². The Morgan fingerprint density at radius 1 is 0.463 bits per heavy atom. The molecule has 0 aliphatic carbocycles. The lowest BCUT2D eigenvalue weighted by molar-refractivity contribution is -0.124. The zero-order chi connectivity index (χ0) is 39.4. The largest absolute Gasteiger partial charge is 0.394 e. The van der Waals surface area contributed by atoms with Gasteiger partial charge in [-0.3, -0.25) is 4.79 Å². The SMILES string of the molecule is CCCCCCCCCCCCC/C=C/CC/C=C/C(O)C(CO)NC(=O)CC(O)CCCCCCCCCCCCCCCCCCCCCCCC. The molecule has 0 aromatic carbocycles. The van der Waals surface area contributed by atoms with Gasteiger partial charge in [-0.25, -0.2) is 0 Å². The number of hydrogen-bond donors (Lipinski definition) is 4. The molecule has 5 heteroatoms. The molecule has 0 aliphatic rings. The molecule has 0 saturated heterocycles. The lowest BCUT2D eigenvalue weighted by Gasteiger charge is -2.21. The second-order valence-electron chi connectivity index (χ2n) is 16.7. The highest BCUT2D eigenvalue weighted by atomic mass is 16.3. The van der Waals surface area contributed by atoms with E-state index in [0.717, 1.165) is 32.1 Å². The molecule has 0 rings (SSSR count). The molecule has 3 unspecified atom stereocenters. The number of unbranched alkanes of at least 4 members (excludes halogenated alkanes) is 33. The molecule has 0 radical (unpaired) electrons. The van der Waals surface area contributed by atoms with Crippen molar-refractivity contribution in [2.75, 3.05) is 6.61 Å². The van der Waals surface area contributed by atoms with Crippen molar-refractivity contribution in [3.63, 3.8) is 0 Å². The van der Waals surface area contributed by atoms with E-state index in [1.807, 2.05) is 6.08 Å². The Hall–Kier alpha value is -1.17. The topological polar surface area (TPSA) is 89.8 Å². The molecular formula is C49H95NO4. The third-order valence-electron chi connectivity index (χ3n) is 11.2. The number of amides is 1. The van der Waals surface area contributed by atoms with Gasteiger partial charge in [0.05, 0.1) is 31.3 Å². The van der Waals surface area contributed by atoms with Gasteiger partial charge in [0.1, 0.15) is 0 Å². The number of carbonyl (C=O) groups excluding carboxylic acids is 1. The van der Waals surface area contributed by atoms with Gasteiger partial charge in [0, 0.05) is 0 Å². The van der Waals surface area contributed by atoms with Crippen LogP contribution < -0.4 is 5.32 Å². The first-order chi connectivity index (χ1) is 26.5. The Labute approximate surface area is 337 Å². The first-order valence-corrected chi connectivity index (χ1v) is 24.1. The van der Waals surface area contributed by atoms with E-state index in [2.05, 4.69) is 31.3 Å². The van der Waals surface area contributed by atoms with Gasteiger partial charge < -0.3 is 20.6 Å². The van der Waals surface area contributed by atoms with Gasteiger partial charge in [0.2, 0.25) is 5.91 Å². The summed E-state index contributed by atoms with van der Waals surface area (Å²) in [4.78, 5) is 12.5. The Morgan fingerprint density at radius 2 is 0.796 bits per heavy atom. The molecular weight excluding hydrogens is 667 g/mol. The van der Waals surface area contributed by atoms with Crippen molar-refractivity contribution >= 4 is 5.91 Å². The average Bonchev–Trinajstić information content (AvgIpc) is 3.16. The van der Waals surface area contributed by atoms with E-state index in [-0.39, 0.29) is 18.9 Å². The van der Waals surface area contributed by atoms with E-state index in [1.165, 1.54) is 199 Å². The predicted molar refractivity (Wildman–Crippen MR) is 236 cm³/mol. The molecule has 0 heterocycles. The Kier molecular flexibility index (Phi) is 43.6. The summed E-state index contributed by atoms with van der Waals surface area (Å²) in [5, 5.41) is 33.3. The molecule has 3 atom stereocenters. The van der Waals surface area contributed by atoms with Crippen LogP contribution >= 0.6 is 0 Å². The van der Waals surface area contributed by atoms with Gasteiger partial charge in [0.25, 0.3) is 0 Å². The van der Waals surface area contributed by atoms with Gasteiger partial charge in [-0.05, 0) is 32.1 Å². The van der Waals surface area contributed by atoms with Crippen LogP contribution in [-0.4, -0.2) is 46.1 Å². The number of rotatable bonds is 44. The molecule has 0 fully saturated rings. The molecule has 320 valence electrons. The molecule has 0 aromatic heterocycles. The fraction of sp³-hybridized carbons (Fsp3) is 0.898. The lowest BCUT2D eigenvalue weighted by atomic mass is 10.0. The lowest BCUT2D eigenvalue weighted by Crippen LogP contribution is -2.45. The molecule has 1 amide bonds. The van der Waals surface area contributed by atoms with Crippen LogP contribution in [-0.2, 0) is 4.79 Å². The van der Waals surface area contributed by atoms with Crippen LogP contribution in [0.15, 0.2) is 24.3 Å². The van der Waals surface area contributed by atoms with Crippen molar-refractivity contribution in [3.05, 3.63) is 24.3 Å². The maximum absolute atomic E-state index is 12.5. The number of allylic oxidation sites excluding steroid dienone is 3. The highest BCUT2D eigenvalue weighted by Gasteiger charge is 2.20. The Bertz CT molecular complexity index is 799. The summed E-state index contributed by atoms with van der Waals surface area (Å²) in [6.45, 7) is 4.22. The zero-order valence-electron chi connectivity index (χ0n) is 36.4. The minimum Gasteiger partial charge on any atom is -0.394 e. The second-order valence-corrected chi connectivity index (χ2v) is 16.7. The standard InChI is InChI=1S/C49H95NO4/c1-3-5-7-9-11-13-15-17-19-21-22-23-24-25-27-28-30-32-34-36-38-40-42-46(52)44-49(54)50-47(45-51)48(53)43-41-39-37-35-33-31-29-26-20-18-16-14-12-10-8-6-4-2/h33,35,41,43,46-48,51-53H,3-32,34,36-40,42,44-45H2,1-2H3,(H,50,54)/b35-33+,43-41+.